The Hall–Kier alpha value is -3.22. The van der Waals surface area contributed by atoms with Crippen molar-refractivity contribution in [2.45, 2.75) is 18.5 Å². The zero-order chi connectivity index (χ0) is 20.3. The van der Waals surface area contributed by atoms with Gasteiger partial charge in [0.15, 0.2) is 5.76 Å². The van der Waals surface area contributed by atoms with Gasteiger partial charge in [0.1, 0.15) is 0 Å². The van der Waals surface area contributed by atoms with Crippen molar-refractivity contribution < 1.29 is 12.8 Å². The van der Waals surface area contributed by atoms with E-state index in [9.17, 15) is 8.42 Å². The molecule has 0 saturated carbocycles. The molecular weight excluding hydrogens is 384 g/mol. The lowest BCUT2D eigenvalue weighted by Gasteiger charge is -2.06. The fourth-order valence-electron chi connectivity index (χ4n) is 2.92. The average Bonchev–Trinajstić information content (AvgIpc) is 3.21. The number of nitrogens with one attached hydrogen (secondary N) is 1. The molecule has 0 saturated heterocycles. The van der Waals surface area contributed by atoms with Gasteiger partial charge in [-0.05, 0) is 24.6 Å². The Balaban J connectivity index is 1.72. The minimum atomic E-state index is -3.89. The lowest BCUT2D eigenvalue weighted by atomic mass is 10.2. The quantitative estimate of drug-likeness (QED) is 0.501. The van der Waals surface area contributed by atoms with Crippen LogP contribution in [0.1, 0.15) is 11.1 Å². The predicted molar refractivity (Wildman–Crippen MR) is 113 cm³/mol. The van der Waals surface area contributed by atoms with Gasteiger partial charge in [-0.25, -0.2) is 13.1 Å². The van der Waals surface area contributed by atoms with Crippen LogP contribution in [0.4, 0.5) is 0 Å². The number of hydrogen-bond acceptors (Lipinski definition) is 4. The summed E-state index contributed by atoms with van der Waals surface area (Å²) in [5.74, 6) is 0.487. The van der Waals surface area contributed by atoms with E-state index in [1.165, 1.54) is 0 Å². The first-order valence-corrected chi connectivity index (χ1v) is 10.7. The summed E-state index contributed by atoms with van der Waals surface area (Å²) in [5, 5.41) is -0.116. The summed E-state index contributed by atoms with van der Waals surface area (Å²) in [6.07, 6.45) is 0. The maximum atomic E-state index is 13.1. The number of benzene rings is 3. The maximum Gasteiger partial charge on any atom is 0.262 e. The summed E-state index contributed by atoms with van der Waals surface area (Å²) in [5.41, 5.74) is 3.35. The van der Waals surface area contributed by atoms with Crippen LogP contribution in [-0.2, 0) is 16.6 Å². The van der Waals surface area contributed by atoms with Gasteiger partial charge in [0.2, 0.25) is 10.9 Å². The number of hydrogen-bond donors (Lipinski definition) is 1. The molecule has 3 aromatic carbocycles. The van der Waals surface area contributed by atoms with Crippen molar-refractivity contribution in [3.63, 3.8) is 0 Å². The molecule has 0 aliphatic carbocycles. The molecule has 0 atom stereocenters. The van der Waals surface area contributed by atoms with E-state index in [4.69, 9.17) is 4.42 Å². The van der Waals surface area contributed by atoms with Crippen LogP contribution in [0.15, 0.2) is 94.4 Å². The van der Waals surface area contributed by atoms with Crippen LogP contribution in [0.3, 0.4) is 0 Å². The highest BCUT2D eigenvalue weighted by molar-refractivity contribution is 7.89. The molecule has 146 valence electrons. The molecule has 1 N–H and O–H groups in total. The van der Waals surface area contributed by atoms with Gasteiger partial charge in [0, 0.05) is 17.7 Å². The monoisotopic (exact) mass is 404 g/mol. The molecule has 1 aromatic heterocycles. The first-order valence-electron chi connectivity index (χ1n) is 9.20. The van der Waals surface area contributed by atoms with Gasteiger partial charge in [-0.3, -0.25) is 0 Å². The molecule has 29 heavy (non-hydrogen) atoms. The number of nitrogens with zero attached hydrogens (tertiary/aromatic N) is 1. The minimum Gasteiger partial charge on any atom is -0.435 e. The molecular formula is C23H20N2O3S. The van der Waals surface area contributed by atoms with Crippen LogP contribution in [0.5, 0.6) is 0 Å². The van der Waals surface area contributed by atoms with Crippen molar-refractivity contribution in [1.82, 2.24) is 9.71 Å². The van der Waals surface area contributed by atoms with Crippen molar-refractivity contribution >= 4 is 10.0 Å². The number of oxazole rings is 1. The molecule has 4 aromatic rings. The van der Waals surface area contributed by atoms with Gasteiger partial charge >= 0.3 is 0 Å². The molecule has 0 radical (unpaired) electrons. The van der Waals surface area contributed by atoms with Gasteiger partial charge in [-0.2, -0.15) is 4.98 Å². The molecule has 5 nitrogen and oxygen atoms in total. The first kappa shape index (κ1) is 19.1. The van der Waals surface area contributed by atoms with Crippen LogP contribution in [0.2, 0.25) is 0 Å². The third-order valence-corrected chi connectivity index (χ3v) is 5.80. The largest absolute Gasteiger partial charge is 0.435 e. The van der Waals surface area contributed by atoms with Crippen molar-refractivity contribution in [3.8, 4) is 22.8 Å². The zero-order valence-electron chi connectivity index (χ0n) is 15.9. The highest BCUT2D eigenvalue weighted by Gasteiger charge is 2.27. The summed E-state index contributed by atoms with van der Waals surface area (Å²) in [4.78, 5) is 4.34. The molecule has 6 heteroatoms. The Morgan fingerprint density at radius 3 is 2.03 bits per heavy atom. The standard InChI is InChI=1S/C23H20N2O3S/c1-17-12-14-18(15-13-17)16-24-29(26,27)23-21(19-8-4-2-5-9-19)28-22(25-23)20-10-6-3-7-11-20/h2-15,24H,16H2,1H3. The summed E-state index contributed by atoms with van der Waals surface area (Å²) >= 11 is 0. The molecule has 0 aliphatic rings. The van der Waals surface area contributed by atoms with Gasteiger partial charge in [-0.15, -0.1) is 0 Å². The van der Waals surface area contributed by atoms with E-state index >= 15 is 0 Å². The van der Waals surface area contributed by atoms with E-state index in [1.54, 1.807) is 12.1 Å². The van der Waals surface area contributed by atoms with Crippen LogP contribution in [-0.4, -0.2) is 13.4 Å². The summed E-state index contributed by atoms with van der Waals surface area (Å²) < 4.78 is 34.7. The van der Waals surface area contributed by atoms with Crippen LogP contribution < -0.4 is 4.72 Å². The van der Waals surface area contributed by atoms with Crippen molar-refractivity contribution in [3.05, 3.63) is 96.1 Å². The van der Waals surface area contributed by atoms with E-state index < -0.39 is 10.0 Å². The second kappa shape index (κ2) is 8.03. The highest BCUT2D eigenvalue weighted by Crippen LogP contribution is 2.32. The van der Waals surface area contributed by atoms with Crippen LogP contribution in [0.25, 0.3) is 22.8 Å². The SMILES string of the molecule is Cc1ccc(CNS(=O)(=O)c2nc(-c3ccccc3)oc2-c2ccccc2)cc1. The maximum absolute atomic E-state index is 13.1. The Morgan fingerprint density at radius 2 is 1.41 bits per heavy atom. The fraction of sp³-hybridized carbons (Fsp3) is 0.0870. The fourth-order valence-corrected chi connectivity index (χ4v) is 4.02. The first-order chi connectivity index (χ1) is 14.0. The Kier molecular flexibility index (Phi) is 5.29. The second-order valence-electron chi connectivity index (χ2n) is 6.70. The Morgan fingerprint density at radius 1 is 0.828 bits per heavy atom. The lowest BCUT2D eigenvalue weighted by molar-refractivity contribution is 0.571. The van der Waals surface area contributed by atoms with E-state index in [1.807, 2.05) is 79.7 Å². The van der Waals surface area contributed by atoms with Crippen molar-refractivity contribution in [2.24, 2.45) is 0 Å². The average molecular weight is 404 g/mol. The predicted octanol–water partition coefficient (Wildman–Crippen LogP) is 4.80. The lowest BCUT2D eigenvalue weighted by Crippen LogP contribution is -2.24. The van der Waals surface area contributed by atoms with Crippen LogP contribution in [0, 0.1) is 6.92 Å². The molecule has 0 fully saturated rings. The number of rotatable bonds is 6. The van der Waals surface area contributed by atoms with E-state index in [2.05, 4.69) is 9.71 Å². The van der Waals surface area contributed by atoms with E-state index in [0.717, 1.165) is 11.1 Å². The van der Waals surface area contributed by atoms with Gasteiger partial charge in [0.25, 0.3) is 10.0 Å². The molecule has 4 rings (SSSR count). The molecule has 0 aliphatic heterocycles. The topological polar surface area (TPSA) is 72.2 Å². The second-order valence-corrected chi connectivity index (χ2v) is 8.38. The number of aryl methyl sites for hydroxylation is 1. The smallest absolute Gasteiger partial charge is 0.262 e. The normalized spacial score (nSPS) is 11.5. The van der Waals surface area contributed by atoms with Gasteiger partial charge in [-0.1, -0.05) is 78.4 Å². The van der Waals surface area contributed by atoms with Crippen molar-refractivity contribution in [2.75, 3.05) is 0 Å². The molecule has 0 spiro atoms. The number of sulfonamides is 1. The van der Waals surface area contributed by atoms with E-state index in [-0.39, 0.29) is 23.2 Å². The molecule has 0 amide bonds. The Labute approximate surface area is 170 Å². The molecule has 0 bridgehead atoms. The van der Waals surface area contributed by atoms with Crippen LogP contribution >= 0.6 is 0 Å². The van der Waals surface area contributed by atoms with Gasteiger partial charge < -0.3 is 4.42 Å². The third-order valence-electron chi connectivity index (χ3n) is 4.49. The molecule has 1 heterocycles. The number of aromatic nitrogens is 1. The summed E-state index contributed by atoms with van der Waals surface area (Å²) in [6, 6.07) is 26.1. The van der Waals surface area contributed by atoms with Gasteiger partial charge in [0.05, 0.1) is 0 Å². The van der Waals surface area contributed by atoms with E-state index in [0.29, 0.717) is 11.1 Å². The molecule has 0 unspecified atom stereocenters. The third kappa shape index (κ3) is 4.29. The zero-order valence-corrected chi connectivity index (χ0v) is 16.7. The summed E-state index contributed by atoms with van der Waals surface area (Å²) in [6.45, 7) is 2.16. The Bertz CT molecular complexity index is 1200. The highest BCUT2D eigenvalue weighted by atomic mass is 32.2. The minimum absolute atomic E-state index is 0.116. The van der Waals surface area contributed by atoms with Crippen molar-refractivity contribution in [1.29, 1.82) is 0 Å². The summed E-state index contributed by atoms with van der Waals surface area (Å²) in [7, 11) is -3.89.